The molecule has 0 aromatic heterocycles. The van der Waals surface area contributed by atoms with E-state index in [0.29, 0.717) is 0 Å². The van der Waals surface area contributed by atoms with Crippen LogP contribution in [-0.4, -0.2) is 57.4 Å². The van der Waals surface area contributed by atoms with Gasteiger partial charge in [-0.1, -0.05) is 38.5 Å². The fourth-order valence-electron chi connectivity index (χ4n) is 1.70. The van der Waals surface area contributed by atoms with Gasteiger partial charge in [0, 0.05) is 80.7 Å². The zero-order valence-corrected chi connectivity index (χ0v) is 21.1. The number of hydrazine groups is 3. The fourth-order valence-corrected chi connectivity index (χ4v) is 1.70. The van der Waals surface area contributed by atoms with E-state index >= 15 is 0 Å². The van der Waals surface area contributed by atoms with Crippen LogP contribution in [0.25, 0.3) is 0 Å². The summed E-state index contributed by atoms with van der Waals surface area (Å²) in [6.07, 6.45) is 10.8. The first-order chi connectivity index (χ1) is 13.9. The molecule has 0 spiro atoms. The van der Waals surface area contributed by atoms with E-state index in [1.807, 2.05) is 0 Å². The Morgan fingerprint density at radius 2 is 0.645 bits per heavy atom. The van der Waals surface area contributed by atoms with E-state index in [9.17, 15) is 0 Å². The van der Waals surface area contributed by atoms with Gasteiger partial charge in [-0.3, -0.25) is 19.2 Å². The molecule has 0 bridgehead atoms. The second kappa shape index (κ2) is 36.4. The van der Waals surface area contributed by atoms with E-state index < -0.39 is 23.9 Å². The first-order valence-corrected chi connectivity index (χ1v) is 9.67. The maximum absolute atomic E-state index is 9.00. The van der Waals surface area contributed by atoms with Crippen molar-refractivity contribution in [3.8, 4) is 0 Å². The van der Waals surface area contributed by atoms with Crippen molar-refractivity contribution in [3.63, 3.8) is 0 Å². The Bertz CT molecular complexity index is 312. The third kappa shape index (κ3) is 125. The predicted octanol–water partition coefficient (Wildman–Crippen LogP) is 1.59. The monoisotopic (exact) mass is 598 g/mol. The quantitative estimate of drug-likeness (QED) is 0.201. The summed E-state index contributed by atoms with van der Waals surface area (Å²) in [5, 5.41) is 29.7. The van der Waals surface area contributed by atoms with Gasteiger partial charge in [-0.15, -0.1) is 0 Å². The van der Waals surface area contributed by atoms with Crippen molar-refractivity contribution in [2.75, 3.05) is 13.1 Å². The zero-order chi connectivity index (χ0) is 24.2. The Hall–Kier alpha value is -0.955. The zero-order valence-electron chi connectivity index (χ0n) is 18.8. The maximum atomic E-state index is 9.00. The van der Waals surface area contributed by atoms with Crippen molar-refractivity contribution in [1.82, 2.24) is 21.9 Å². The Morgan fingerprint density at radius 1 is 0.484 bits per heavy atom. The molecule has 0 aliphatic carbocycles. The van der Waals surface area contributed by atoms with Crippen molar-refractivity contribution < 1.29 is 79.5 Å². The molecule has 0 atom stereocenters. The Balaban J connectivity index is -0.000000110. The largest absolute Gasteiger partial charge is 0.481 e. The van der Waals surface area contributed by atoms with Crippen molar-refractivity contribution in [2.24, 2.45) is 0 Å². The minimum Gasteiger partial charge on any atom is -0.481 e. The van der Waals surface area contributed by atoms with E-state index in [1.165, 1.54) is 51.4 Å². The van der Waals surface area contributed by atoms with E-state index in [0.717, 1.165) is 40.8 Å². The van der Waals surface area contributed by atoms with Crippen LogP contribution in [0.15, 0.2) is 0 Å². The summed E-state index contributed by atoms with van der Waals surface area (Å²) in [6.45, 7) is 6.41. The third-order valence-electron chi connectivity index (χ3n) is 2.59. The SMILES string of the molecule is C1CCCCCNNNNCCCC1.CC(=O)O.CC(=O)O.CC(=O)O.CC(=O)O.[Gd]. The summed E-state index contributed by atoms with van der Waals surface area (Å²) < 4.78 is 0. The van der Waals surface area contributed by atoms with Crippen molar-refractivity contribution in [2.45, 2.75) is 79.1 Å². The van der Waals surface area contributed by atoms with Crippen molar-refractivity contribution in [1.29, 1.82) is 0 Å². The molecular formula is C18H40GdN4O8. The van der Waals surface area contributed by atoms with Crippen LogP contribution < -0.4 is 21.9 Å². The molecule has 31 heavy (non-hydrogen) atoms. The van der Waals surface area contributed by atoms with Crippen molar-refractivity contribution in [3.05, 3.63) is 0 Å². The van der Waals surface area contributed by atoms with Gasteiger partial charge in [-0.25, -0.2) is 10.9 Å². The van der Waals surface area contributed by atoms with Gasteiger partial charge in [0.2, 0.25) is 0 Å². The van der Waals surface area contributed by atoms with E-state index in [-0.39, 0.29) is 39.9 Å². The Morgan fingerprint density at radius 3 is 0.839 bits per heavy atom. The molecule has 1 rings (SSSR count). The average molecular weight is 598 g/mol. The second-order valence-corrected chi connectivity index (χ2v) is 6.01. The molecule has 0 amide bonds. The molecule has 8 N–H and O–H groups in total. The Kier molecular flexibility index (Phi) is 47.5. The summed E-state index contributed by atoms with van der Waals surface area (Å²) in [4.78, 5) is 36.0. The van der Waals surface area contributed by atoms with Crippen LogP contribution in [0.3, 0.4) is 0 Å². The number of rotatable bonds is 0. The minimum absolute atomic E-state index is 0. The molecule has 1 aliphatic rings. The molecule has 1 fully saturated rings. The van der Waals surface area contributed by atoms with Gasteiger partial charge in [0.1, 0.15) is 0 Å². The van der Waals surface area contributed by atoms with Crippen LogP contribution in [-0.2, 0) is 19.2 Å². The van der Waals surface area contributed by atoms with Crippen LogP contribution >= 0.6 is 0 Å². The van der Waals surface area contributed by atoms with Crippen LogP contribution in [0.1, 0.15) is 79.1 Å². The molecule has 1 heterocycles. The summed E-state index contributed by atoms with van der Waals surface area (Å²) in [6, 6.07) is 0. The smallest absolute Gasteiger partial charge is 0.300 e. The Labute approximate surface area is 216 Å². The number of carbonyl (C=O) groups is 4. The standard InChI is InChI=1S/C10H24N4.4C2H4O2.Gd/c1-2-4-6-8-10-12-14-13-11-9-7-5-3-1;4*1-2(3)4;/h11-14H,1-10H2;4*1H3,(H,3,4);. The van der Waals surface area contributed by atoms with Crippen molar-refractivity contribution >= 4 is 23.9 Å². The van der Waals surface area contributed by atoms with Gasteiger partial charge in [0.15, 0.2) is 0 Å². The number of carboxylic acid groups (broad SMARTS) is 4. The molecule has 0 saturated carbocycles. The molecule has 0 aromatic carbocycles. The van der Waals surface area contributed by atoms with Crippen LogP contribution in [0.2, 0.25) is 0 Å². The number of carboxylic acids is 4. The topological polar surface area (TPSA) is 197 Å². The second-order valence-electron chi connectivity index (χ2n) is 6.01. The van der Waals surface area contributed by atoms with Gasteiger partial charge >= 0.3 is 0 Å². The third-order valence-corrected chi connectivity index (χ3v) is 2.59. The average Bonchev–Trinajstić information content (AvgIpc) is 2.55. The van der Waals surface area contributed by atoms with Gasteiger partial charge in [0.05, 0.1) is 0 Å². The van der Waals surface area contributed by atoms with Crippen LogP contribution in [0, 0.1) is 39.9 Å². The molecule has 0 radical (unpaired) electrons. The molecule has 1 saturated heterocycles. The summed E-state index contributed by atoms with van der Waals surface area (Å²) in [7, 11) is 0. The van der Waals surface area contributed by atoms with E-state index in [1.54, 1.807) is 0 Å². The first kappa shape index (κ1) is 40.4. The number of hydrogen-bond acceptors (Lipinski definition) is 8. The number of nitrogens with one attached hydrogen (secondary N) is 4. The van der Waals surface area contributed by atoms with E-state index in [2.05, 4.69) is 21.9 Å². The molecule has 1 aliphatic heterocycles. The predicted molar refractivity (Wildman–Crippen MR) is 112 cm³/mol. The van der Waals surface area contributed by atoms with Gasteiger partial charge in [-0.2, -0.15) is 11.1 Å². The molecule has 13 heteroatoms. The first-order valence-electron chi connectivity index (χ1n) is 9.67. The van der Waals surface area contributed by atoms with Gasteiger partial charge in [0.25, 0.3) is 23.9 Å². The number of aliphatic carboxylic acids is 4. The van der Waals surface area contributed by atoms with Gasteiger partial charge in [-0.05, 0) is 12.8 Å². The maximum Gasteiger partial charge on any atom is 0.300 e. The molecule has 0 unspecified atom stereocenters. The fraction of sp³-hybridized carbons (Fsp3) is 0.778. The minimum atomic E-state index is -0.833. The summed E-state index contributed by atoms with van der Waals surface area (Å²) >= 11 is 0. The molecule has 12 nitrogen and oxygen atoms in total. The number of hydrogen-bond donors (Lipinski definition) is 8. The molecule has 188 valence electrons. The normalized spacial score (nSPS) is 14.1. The van der Waals surface area contributed by atoms with E-state index in [4.69, 9.17) is 39.6 Å². The van der Waals surface area contributed by atoms with Gasteiger partial charge < -0.3 is 20.4 Å². The summed E-state index contributed by atoms with van der Waals surface area (Å²) in [5.41, 5.74) is 12.1. The van der Waals surface area contributed by atoms with Crippen LogP contribution in [0.4, 0.5) is 0 Å². The molecular weight excluding hydrogens is 557 g/mol. The summed E-state index contributed by atoms with van der Waals surface area (Å²) in [5.74, 6) is -3.33. The molecule has 0 aromatic rings. The van der Waals surface area contributed by atoms with Crippen LogP contribution in [0.5, 0.6) is 0 Å².